The molecule has 7 heavy (non-hydrogen) atoms. The van der Waals surface area contributed by atoms with Gasteiger partial charge in [-0.25, -0.2) is 0 Å². The van der Waals surface area contributed by atoms with E-state index in [1.807, 2.05) is 6.92 Å². The monoisotopic (exact) mass is 136 g/mol. The Bertz CT molecular complexity index is 53.7. The minimum atomic E-state index is -0.711. The molecule has 0 atom stereocenters. The summed E-state index contributed by atoms with van der Waals surface area (Å²) in [4.78, 5) is 9.60. The molecule has 0 rings (SSSR count). The summed E-state index contributed by atoms with van der Waals surface area (Å²) in [6.07, 6.45) is 1.02. The summed E-state index contributed by atoms with van der Waals surface area (Å²) in [6, 6.07) is 0. The molecule has 0 aromatic carbocycles. The summed E-state index contributed by atoms with van der Waals surface area (Å²) in [5.74, 6) is -0.711. The minimum absolute atomic E-state index is 0. The Hall–Kier alpha value is 0.184. The molecule has 0 aliphatic heterocycles. The first-order valence-corrected chi connectivity index (χ1v) is 1.99. The maximum Gasteiger partial charge on any atom is 0.303 e. The van der Waals surface area contributed by atoms with Crippen molar-refractivity contribution in [3.63, 3.8) is 0 Å². The fourth-order valence-electron chi connectivity index (χ4n) is 0.214. The summed E-state index contributed by atoms with van der Waals surface area (Å²) < 4.78 is 0. The van der Waals surface area contributed by atoms with E-state index in [2.05, 4.69) is 0 Å². The van der Waals surface area contributed by atoms with Crippen molar-refractivity contribution in [1.82, 2.24) is 0 Å². The summed E-state index contributed by atoms with van der Waals surface area (Å²) in [7, 11) is 0. The molecule has 2 nitrogen and oxygen atoms in total. The van der Waals surface area contributed by atoms with Crippen molar-refractivity contribution < 1.29 is 31.6 Å². The quantitative estimate of drug-likeness (QED) is 0.571. The van der Waals surface area contributed by atoms with Gasteiger partial charge in [-0.05, 0) is 6.42 Å². The van der Waals surface area contributed by atoms with Gasteiger partial charge in [0.05, 0.1) is 0 Å². The van der Waals surface area contributed by atoms with E-state index in [0.717, 1.165) is 6.42 Å². The molecule has 0 heterocycles. The third-order valence-electron chi connectivity index (χ3n) is 0.464. The average Bonchev–Trinajstić information content (AvgIpc) is 1.35. The van der Waals surface area contributed by atoms with Crippen LogP contribution in [0.15, 0.2) is 0 Å². The van der Waals surface area contributed by atoms with Gasteiger partial charge in [0.2, 0.25) is 0 Å². The van der Waals surface area contributed by atoms with E-state index in [1.54, 1.807) is 0 Å². The molecular formula is C4H8O2Ti. The van der Waals surface area contributed by atoms with Crippen molar-refractivity contribution in [2.75, 3.05) is 0 Å². The van der Waals surface area contributed by atoms with E-state index in [0.29, 0.717) is 6.42 Å². The zero-order chi connectivity index (χ0) is 4.99. The number of aliphatic carboxylic acids is 1. The number of carbonyl (C=O) groups is 1. The van der Waals surface area contributed by atoms with Gasteiger partial charge in [-0.3, -0.25) is 4.79 Å². The van der Waals surface area contributed by atoms with Gasteiger partial charge in [0.25, 0.3) is 0 Å². The molecule has 0 aliphatic rings. The summed E-state index contributed by atoms with van der Waals surface area (Å²) in [5.41, 5.74) is 0. The summed E-state index contributed by atoms with van der Waals surface area (Å²) in [5, 5.41) is 7.91. The molecule has 0 unspecified atom stereocenters. The molecule has 0 aliphatic carbocycles. The molecule has 0 saturated heterocycles. The topological polar surface area (TPSA) is 37.3 Å². The Morgan fingerprint density at radius 1 is 1.71 bits per heavy atom. The first kappa shape index (κ1) is 10.2. The van der Waals surface area contributed by atoms with Crippen LogP contribution in [0.3, 0.4) is 0 Å². The summed E-state index contributed by atoms with van der Waals surface area (Å²) in [6.45, 7) is 1.84. The van der Waals surface area contributed by atoms with Gasteiger partial charge in [0, 0.05) is 28.1 Å². The normalized spacial score (nSPS) is 7.00. The number of hydrogen-bond acceptors (Lipinski definition) is 1. The number of hydrogen-bond donors (Lipinski definition) is 1. The smallest absolute Gasteiger partial charge is 0.303 e. The van der Waals surface area contributed by atoms with Crippen LogP contribution < -0.4 is 0 Å². The van der Waals surface area contributed by atoms with Gasteiger partial charge < -0.3 is 5.11 Å². The van der Waals surface area contributed by atoms with Crippen molar-refractivity contribution >= 4 is 5.97 Å². The fourth-order valence-corrected chi connectivity index (χ4v) is 0.214. The Morgan fingerprint density at radius 3 is 2.14 bits per heavy atom. The second-order valence-electron chi connectivity index (χ2n) is 1.14. The van der Waals surface area contributed by atoms with E-state index >= 15 is 0 Å². The average molecular weight is 136 g/mol. The van der Waals surface area contributed by atoms with Gasteiger partial charge >= 0.3 is 5.97 Å². The van der Waals surface area contributed by atoms with Crippen LogP contribution in [-0.4, -0.2) is 11.1 Å². The zero-order valence-electron chi connectivity index (χ0n) is 4.27. The minimum Gasteiger partial charge on any atom is -0.481 e. The molecule has 0 radical (unpaired) electrons. The number of carboxylic acid groups (broad SMARTS) is 1. The van der Waals surface area contributed by atoms with Gasteiger partial charge in [-0.15, -0.1) is 0 Å². The standard InChI is InChI=1S/C4H8O2.Ti/c1-2-3-4(5)6;/h2-3H2,1H3,(H,5,6);. The maximum absolute atomic E-state index is 9.60. The second-order valence-corrected chi connectivity index (χ2v) is 1.14. The van der Waals surface area contributed by atoms with Gasteiger partial charge in [0.15, 0.2) is 0 Å². The second kappa shape index (κ2) is 6.18. The molecule has 1 N–H and O–H groups in total. The van der Waals surface area contributed by atoms with Gasteiger partial charge in [-0.2, -0.15) is 0 Å². The van der Waals surface area contributed by atoms with Crippen LogP contribution in [0.4, 0.5) is 0 Å². The molecule has 0 fully saturated rings. The van der Waals surface area contributed by atoms with Crippen molar-refractivity contribution in [2.45, 2.75) is 19.8 Å². The predicted octanol–water partition coefficient (Wildman–Crippen LogP) is 0.869. The van der Waals surface area contributed by atoms with Crippen molar-refractivity contribution in [3.8, 4) is 0 Å². The van der Waals surface area contributed by atoms with Crippen molar-refractivity contribution in [2.24, 2.45) is 0 Å². The molecule has 3 heteroatoms. The Labute approximate surface area is 57.8 Å². The van der Waals surface area contributed by atoms with Crippen LogP contribution in [-0.2, 0) is 26.5 Å². The Morgan fingerprint density at radius 2 is 2.14 bits per heavy atom. The van der Waals surface area contributed by atoms with E-state index in [-0.39, 0.29) is 21.7 Å². The molecular weight excluding hydrogens is 128 g/mol. The van der Waals surface area contributed by atoms with Crippen molar-refractivity contribution in [3.05, 3.63) is 0 Å². The predicted molar refractivity (Wildman–Crippen MR) is 22.5 cm³/mol. The number of carboxylic acids is 1. The largest absolute Gasteiger partial charge is 0.481 e. The molecule has 0 spiro atoms. The van der Waals surface area contributed by atoms with Crippen LogP contribution in [0, 0.1) is 0 Å². The van der Waals surface area contributed by atoms with Crippen LogP contribution in [0.1, 0.15) is 19.8 Å². The van der Waals surface area contributed by atoms with Crippen molar-refractivity contribution in [1.29, 1.82) is 0 Å². The first-order valence-electron chi connectivity index (χ1n) is 1.99. The van der Waals surface area contributed by atoms with E-state index in [4.69, 9.17) is 5.11 Å². The third kappa shape index (κ3) is 10.7. The molecule has 0 saturated carbocycles. The fraction of sp³-hybridized carbons (Fsp3) is 0.750. The Balaban J connectivity index is 0. The van der Waals surface area contributed by atoms with Crippen LogP contribution in [0.2, 0.25) is 0 Å². The van der Waals surface area contributed by atoms with E-state index in [9.17, 15) is 4.79 Å². The summed E-state index contributed by atoms with van der Waals surface area (Å²) >= 11 is 0. The van der Waals surface area contributed by atoms with Crippen LogP contribution in [0.5, 0.6) is 0 Å². The van der Waals surface area contributed by atoms with Gasteiger partial charge in [0.1, 0.15) is 0 Å². The Kier molecular flexibility index (Phi) is 9.03. The molecule has 40 valence electrons. The molecule has 0 aromatic rings. The molecule has 0 amide bonds. The zero-order valence-corrected chi connectivity index (χ0v) is 5.83. The van der Waals surface area contributed by atoms with Crippen LogP contribution in [0.25, 0.3) is 0 Å². The van der Waals surface area contributed by atoms with Gasteiger partial charge in [-0.1, -0.05) is 6.92 Å². The SMILES string of the molecule is CCCC(=O)O.[Ti]. The van der Waals surface area contributed by atoms with E-state index in [1.165, 1.54) is 0 Å². The molecule has 0 bridgehead atoms. The molecule has 0 aromatic heterocycles. The first-order chi connectivity index (χ1) is 2.77. The third-order valence-corrected chi connectivity index (χ3v) is 0.464. The number of rotatable bonds is 2. The maximum atomic E-state index is 9.60. The van der Waals surface area contributed by atoms with E-state index < -0.39 is 5.97 Å². The van der Waals surface area contributed by atoms with Crippen LogP contribution >= 0.6 is 0 Å².